The fourth-order valence-corrected chi connectivity index (χ4v) is 3.50. The van der Waals surface area contributed by atoms with Crippen LogP contribution in [0.15, 0.2) is 12.2 Å². The van der Waals surface area contributed by atoms with E-state index < -0.39 is 12.3 Å². The van der Waals surface area contributed by atoms with Crippen molar-refractivity contribution in [3.05, 3.63) is 12.2 Å². The lowest BCUT2D eigenvalue weighted by Gasteiger charge is -2.11. The molecule has 3 atom stereocenters. The molecular formula is C17H20O4. The van der Waals surface area contributed by atoms with Crippen LogP contribution < -0.4 is 0 Å². The first-order valence-electron chi connectivity index (χ1n) is 7.66. The first-order valence-corrected chi connectivity index (χ1v) is 7.66. The molecule has 0 aliphatic heterocycles. The van der Waals surface area contributed by atoms with E-state index in [0.717, 1.165) is 25.7 Å². The zero-order chi connectivity index (χ0) is 14.8. The Morgan fingerprint density at radius 1 is 1.19 bits per heavy atom. The highest BCUT2D eigenvalue weighted by Crippen LogP contribution is 2.52. The zero-order valence-corrected chi connectivity index (χ0v) is 12.1. The molecule has 21 heavy (non-hydrogen) atoms. The second-order valence-electron chi connectivity index (χ2n) is 6.11. The summed E-state index contributed by atoms with van der Waals surface area (Å²) in [6.45, 7) is 4.15. The molecule has 3 aliphatic rings. The van der Waals surface area contributed by atoms with Gasteiger partial charge in [-0.3, -0.25) is 4.79 Å². The summed E-state index contributed by atoms with van der Waals surface area (Å²) in [6.07, 6.45) is 3.55. The molecule has 0 spiro atoms. The number of hydrogen-bond donors (Lipinski definition) is 0. The average Bonchev–Trinajstić information content (AvgIpc) is 2.98. The molecule has 2 fully saturated rings. The van der Waals surface area contributed by atoms with Crippen LogP contribution >= 0.6 is 0 Å². The molecular weight excluding hydrogens is 268 g/mol. The maximum atomic E-state index is 11.7. The van der Waals surface area contributed by atoms with Crippen LogP contribution in [-0.4, -0.2) is 24.6 Å². The lowest BCUT2D eigenvalue weighted by atomic mass is 10.1. The minimum Gasteiger partial charge on any atom is -0.434 e. The average molecular weight is 288 g/mol. The fourth-order valence-electron chi connectivity index (χ4n) is 3.50. The van der Waals surface area contributed by atoms with Gasteiger partial charge in [0.2, 0.25) is 0 Å². The van der Waals surface area contributed by atoms with E-state index in [1.165, 1.54) is 0 Å². The Labute approximate surface area is 124 Å². The zero-order valence-electron chi connectivity index (χ0n) is 12.1. The van der Waals surface area contributed by atoms with Gasteiger partial charge in [-0.1, -0.05) is 6.58 Å². The van der Waals surface area contributed by atoms with Crippen LogP contribution in [0.1, 0.15) is 38.5 Å². The molecule has 2 saturated carbocycles. The van der Waals surface area contributed by atoms with Crippen molar-refractivity contribution in [1.82, 2.24) is 0 Å². The van der Waals surface area contributed by atoms with E-state index >= 15 is 0 Å². The molecule has 112 valence electrons. The Hall–Kier alpha value is -1.76. The standard InChI is InChI=1S/C17H20O4/c1-11-8-9-15(18)16(11)21-17(19)20-10-14-12-6-4-2-3-5-7-13(12)14/h12-14,16H,1,4-10H2. The van der Waals surface area contributed by atoms with Crippen molar-refractivity contribution >= 4 is 11.9 Å². The normalized spacial score (nSPS) is 34.1. The lowest BCUT2D eigenvalue weighted by molar-refractivity contribution is -0.124. The van der Waals surface area contributed by atoms with Gasteiger partial charge in [-0.25, -0.2) is 4.79 Å². The van der Waals surface area contributed by atoms with Gasteiger partial charge in [-0.15, -0.1) is 11.8 Å². The predicted molar refractivity (Wildman–Crippen MR) is 76.3 cm³/mol. The molecule has 0 saturated heterocycles. The predicted octanol–water partition coefficient (Wildman–Crippen LogP) is 2.87. The van der Waals surface area contributed by atoms with Gasteiger partial charge in [0.15, 0.2) is 11.9 Å². The number of Topliss-reactive ketones (excluding diaryl/α,β-unsaturated/α-hetero) is 1. The Bertz CT molecular complexity index is 491. The number of carbonyl (C=O) groups is 2. The van der Waals surface area contributed by atoms with Gasteiger partial charge in [0.1, 0.15) is 0 Å². The van der Waals surface area contributed by atoms with E-state index in [1.54, 1.807) is 0 Å². The first kappa shape index (κ1) is 14.2. The monoisotopic (exact) mass is 288 g/mol. The van der Waals surface area contributed by atoms with E-state index in [9.17, 15) is 9.59 Å². The summed E-state index contributed by atoms with van der Waals surface area (Å²) < 4.78 is 10.3. The Balaban J connectivity index is 1.43. The second-order valence-corrected chi connectivity index (χ2v) is 6.11. The fraction of sp³-hybridized carbons (Fsp3) is 0.647. The van der Waals surface area contributed by atoms with Gasteiger partial charge >= 0.3 is 6.16 Å². The van der Waals surface area contributed by atoms with Gasteiger partial charge in [-0.05, 0) is 42.6 Å². The molecule has 3 rings (SSSR count). The summed E-state index contributed by atoms with van der Waals surface area (Å²) in [7, 11) is 0. The summed E-state index contributed by atoms with van der Waals surface area (Å²) in [5.41, 5.74) is 0.669. The molecule has 4 heteroatoms. The van der Waals surface area contributed by atoms with E-state index in [0.29, 0.717) is 42.8 Å². The van der Waals surface area contributed by atoms with Crippen LogP contribution in [-0.2, 0) is 14.3 Å². The molecule has 4 nitrogen and oxygen atoms in total. The van der Waals surface area contributed by atoms with Gasteiger partial charge in [0, 0.05) is 19.3 Å². The van der Waals surface area contributed by atoms with Crippen LogP contribution in [0.25, 0.3) is 0 Å². The molecule has 0 aromatic rings. The molecule has 3 unspecified atom stereocenters. The lowest BCUT2D eigenvalue weighted by Crippen LogP contribution is -2.24. The Morgan fingerprint density at radius 2 is 1.86 bits per heavy atom. The van der Waals surface area contributed by atoms with Gasteiger partial charge in [-0.2, -0.15) is 0 Å². The molecule has 0 bridgehead atoms. The maximum absolute atomic E-state index is 11.7. The van der Waals surface area contributed by atoms with E-state index in [-0.39, 0.29) is 5.78 Å². The van der Waals surface area contributed by atoms with E-state index in [2.05, 4.69) is 18.4 Å². The van der Waals surface area contributed by atoms with E-state index in [4.69, 9.17) is 9.47 Å². The maximum Gasteiger partial charge on any atom is 0.509 e. The van der Waals surface area contributed by atoms with Gasteiger partial charge in [0.25, 0.3) is 0 Å². The molecule has 0 heterocycles. The van der Waals surface area contributed by atoms with Gasteiger partial charge in [0.05, 0.1) is 6.61 Å². The molecule has 0 aromatic carbocycles. The van der Waals surface area contributed by atoms with Crippen LogP contribution in [0.4, 0.5) is 4.79 Å². The van der Waals surface area contributed by atoms with Crippen molar-refractivity contribution in [2.75, 3.05) is 6.61 Å². The summed E-state index contributed by atoms with van der Waals surface area (Å²) in [6, 6.07) is 0. The number of hydrogen-bond acceptors (Lipinski definition) is 4. The SMILES string of the molecule is C=C1CCC(=O)C1OC(=O)OCC1C2CCC#CCCC21. The van der Waals surface area contributed by atoms with Crippen molar-refractivity contribution < 1.29 is 19.1 Å². The number of rotatable bonds is 3. The Morgan fingerprint density at radius 3 is 2.43 bits per heavy atom. The highest BCUT2D eigenvalue weighted by molar-refractivity contribution is 5.90. The molecule has 3 aliphatic carbocycles. The first-order chi connectivity index (χ1) is 10.2. The molecule has 0 aromatic heterocycles. The smallest absolute Gasteiger partial charge is 0.434 e. The number of ether oxygens (including phenoxy) is 2. The van der Waals surface area contributed by atoms with Crippen LogP contribution in [0.2, 0.25) is 0 Å². The van der Waals surface area contributed by atoms with Crippen molar-refractivity contribution in [2.45, 2.75) is 44.6 Å². The summed E-state index contributed by atoms with van der Waals surface area (Å²) in [5, 5.41) is 0. The molecule has 0 N–H and O–H groups in total. The van der Waals surface area contributed by atoms with Crippen LogP contribution in [0.3, 0.4) is 0 Å². The van der Waals surface area contributed by atoms with Crippen molar-refractivity contribution in [3.63, 3.8) is 0 Å². The summed E-state index contributed by atoms with van der Waals surface area (Å²) in [4.78, 5) is 23.2. The van der Waals surface area contributed by atoms with Crippen LogP contribution in [0, 0.1) is 29.6 Å². The summed E-state index contributed by atoms with van der Waals surface area (Å²) in [5.74, 6) is 7.94. The van der Waals surface area contributed by atoms with Crippen molar-refractivity contribution in [2.24, 2.45) is 17.8 Å². The number of fused-ring (bicyclic) bond motifs is 1. The minimum atomic E-state index is -0.793. The summed E-state index contributed by atoms with van der Waals surface area (Å²) >= 11 is 0. The minimum absolute atomic E-state index is 0.0813. The van der Waals surface area contributed by atoms with Gasteiger partial charge < -0.3 is 9.47 Å². The third-order valence-corrected chi connectivity index (χ3v) is 4.80. The van der Waals surface area contributed by atoms with E-state index in [1.807, 2.05) is 0 Å². The van der Waals surface area contributed by atoms with Crippen LogP contribution in [0.5, 0.6) is 0 Å². The Kier molecular flexibility index (Phi) is 4.01. The molecule has 0 radical (unpaired) electrons. The number of ketones is 1. The quantitative estimate of drug-likeness (QED) is 0.455. The topological polar surface area (TPSA) is 52.6 Å². The molecule has 0 amide bonds. The number of carbonyl (C=O) groups excluding carboxylic acids is 2. The highest BCUT2D eigenvalue weighted by atomic mass is 16.7. The van der Waals surface area contributed by atoms with Crippen molar-refractivity contribution in [1.29, 1.82) is 0 Å². The third kappa shape index (κ3) is 3.12. The third-order valence-electron chi connectivity index (χ3n) is 4.80. The second kappa shape index (κ2) is 5.93. The largest absolute Gasteiger partial charge is 0.509 e. The van der Waals surface area contributed by atoms with Crippen molar-refractivity contribution in [3.8, 4) is 11.8 Å². The highest BCUT2D eigenvalue weighted by Gasteiger charge is 2.49.